The van der Waals surface area contributed by atoms with Gasteiger partial charge in [0.15, 0.2) is 0 Å². The van der Waals surface area contributed by atoms with E-state index in [9.17, 15) is 0 Å². The standard InChI is InChI=1S/C17H35N3O/c1-15(2)13-18-7-5-17(6-8-18)14-21-20-11-9-19(10-12-20)16(3)4/h15-17H,5-14H2,1-4H3. The second kappa shape index (κ2) is 8.47. The Morgan fingerprint density at radius 3 is 2.05 bits per heavy atom. The van der Waals surface area contributed by atoms with Gasteiger partial charge in [-0.3, -0.25) is 9.74 Å². The van der Waals surface area contributed by atoms with Crippen molar-refractivity contribution >= 4 is 0 Å². The predicted molar refractivity (Wildman–Crippen MR) is 88.2 cm³/mol. The molecule has 0 spiro atoms. The zero-order chi connectivity index (χ0) is 15.2. The zero-order valence-electron chi connectivity index (χ0n) is 14.6. The third kappa shape index (κ3) is 5.85. The quantitative estimate of drug-likeness (QED) is 0.749. The molecular weight excluding hydrogens is 262 g/mol. The Hall–Kier alpha value is -0.160. The summed E-state index contributed by atoms with van der Waals surface area (Å²) in [6, 6.07) is 0.664. The Morgan fingerprint density at radius 2 is 1.52 bits per heavy atom. The van der Waals surface area contributed by atoms with Crippen LogP contribution in [0.4, 0.5) is 0 Å². The fourth-order valence-electron chi connectivity index (χ4n) is 3.41. The third-order valence-corrected chi connectivity index (χ3v) is 4.83. The highest BCUT2D eigenvalue weighted by molar-refractivity contribution is 4.74. The van der Waals surface area contributed by atoms with Gasteiger partial charge in [0.05, 0.1) is 6.61 Å². The molecule has 0 aromatic rings. The predicted octanol–water partition coefficient (Wildman–Crippen LogP) is 2.31. The minimum atomic E-state index is 0.664. The molecule has 2 fully saturated rings. The van der Waals surface area contributed by atoms with E-state index in [0.29, 0.717) is 6.04 Å². The van der Waals surface area contributed by atoms with E-state index in [1.807, 2.05) is 0 Å². The summed E-state index contributed by atoms with van der Waals surface area (Å²) in [5.41, 5.74) is 0. The van der Waals surface area contributed by atoms with Gasteiger partial charge in [0.1, 0.15) is 0 Å². The van der Waals surface area contributed by atoms with E-state index in [0.717, 1.165) is 44.6 Å². The maximum atomic E-state index is 6.05. The molecule has 2 heterocycles. The van der Waals surface area contributed by atoms with Crippen molar-refractivity contribution in [3.05, 3.63) is 0 Å². The molecule has 0 aromatic carbocycles. The average Bonchev–Trinajstić information content (AvgIpc) is 2.46. The van der Waals surface area contributed by atoms with Crippen molar-refractivity contribution < 1.29 is 4.84 Å². The Balaban J connectivity index is 1.58. The van der Waals surface area contributed by atoms with Gasteiger partial charge in [0.25, 0.3) is 0 Å². The number of likely N-dealkylation sites (tertiary alicyclic amines) is 1. The first-order valence-corrected chi connectivity index (χ1v) is 8.89. The lowest BCUT2D eigenvalue weighted by Crippen LogP contribution is -2.49. The lowest BCUT2D eigenvalue weighted by Gasteiger charge is -2.37. The van der Waals surface area contributed by atoms with Crippen molar-refractivity contribution in [3.8, 4) is 0 Å². The average molecular weight is 297 g/mol. The van der Waals surface area contributed by atoms with Gasteiger partial charge in [0, 0.05) is 38.8 Å². The molecule has 0 bridgehead atoms. The first-order valence-electron chi connectivity index (χ1n) is 8.89. The van der Waals surface area contributed by atoms with E-state index in [1.54, 1.807) is 0 Å². The Kier molecular flexibility index (Phi) is 6.93. The molecule has 0 amide bonds. The SMILES string of the molecule is CC(C)CN1CCC(CON2CCN(C(C)C)CC2)CC1. The third-order valence-electron chi connectivity index (χ3n) is 4.83. The molecule has 0 unspecified atom stereocenters. The molecule has 0 saturated carbocycles. The van der Waals surface area contributed by atoms with Crippen LogP contribution in [0, 0.1) is 11.8 Å². The Bertz CT molecular complexity index is 280. The van der Waals surface area contributed by atoms with Gasteiger partial charge >= 0.3 is 0 Å². The van der Waals surface area contributed by atoms with Gasteiger partial charge in [-0.1, -0.05) is 13.8 Å². The van der Waals surface area contributed by atoms with Gasteiger partial charge in [-0.05, 0) is 51.6 Å². The van der Waals surface area contributed by atoms with E-state index >= 15 is 0 Å². The van der Waals surface area contributed by atoms with Crippen molar-refractivity contribution in [2.75, 3.05) is 52.4 Å². The summed E-state index contributed by atoms with van der Waals surface area (Å²) in [7, 11) is 0. The summed E-state index contributed by atoms with van der Waals surface area (Å²) in [4.78, 5) is 11.2. The second-order valence-electron chi connectivity index (χ2n) is 7.49. The minimum absolute atomic E-state index is 0.664. The molecule has 4 heteroatoms. The normalized spacial score (nSPS) is 24.3. The lowest BCUT2D eigenvalue weighted by atomic mass is 9.97. The molecular formula is C17H35N3O. The number of hydrogen-bond donors (Lipinski definition) is 0. The molecule has 0 aromatic heterocycles. The van der Waals surface area contributed by atoms with Crippen molar-refractivity contribution in [2.24, 2.45) is 11.8 Å². The van der Waals surface area contributed by atoms with Crippen LogP contribution >= 0.6 is 0 Å². The van der Waals surface area contributed by atoms with Gasteiger partial charge < -0.3 is 4.90 Å². The number of hydroxylamine groups is 2. The van der Waals surface area contributed by atoms with Crippen LogP contribution in [0.3, 0.4) is 0 Å². The van der Waals surface area contributed by atoms with E-state index in [4.69, 9.17) is 4.84 Å². The number of piperidine rings is 1. The summed E-state index contributed by atoms with van der Waals surface area (Å²) in [6.07, 6.45) is 2.61. The maximum Gasteiger partial charge on any atom is 0.0714 e. The van der Waals surface area contributed by atoms with Crippen LogP contribution in [0.25, 0.3) is 0 Å². The van der Waals surface area contributed by atoms with Crippen molar-refractivity contribution in [3.63, 3.8) is 0 Å². The summed E-state index contributed by atoms with van der Waals surface area (Å²) >= 11 is 0. The van der Waals surface area contributed by atoms with Crippen LogP contribution < -0.4 is 0 Å². The van der Waals surface area contributed by atoms with E-state index < -0.39 is 0 Å². The molecule has 0 aliphatic carbocycles. The monoisotopic (exact) mass is 297 g/mol. The van der Waals surface area contributed by atoms with Gasteiger partial charge in [0.2, 0.25) is 0 Å². The lowest BCUT2D eigenvalue weighted by molar-refractivity contribution is -0.190. The molecule has 0 N–H and O–H groups in total. The fourth-order valence-corrected chi connectivity index (χ4v) is 3.41. The first-order chi connectivity index (χ1) is 10.0. The largest absolute Gasteiger partial charge is 0.303 e. The number of hydrogen-bond acceptors (Lipinski definition) is 4. The molecule has 2 saturated heterocycles. The summed E-state index contributed by atoms with van der Waals surface area (Å²) in [5, 5.41) is 2.19. The van der Waals surface area contributed by atoms with Crippen LogP contribution in [-0.4, -0.2) is 73.3 Å². The van der Waals surface area contributed by atoms with Crippen LogP contribution in [0.5, 0.6) is 0 Å². The zero-order valence-corrected chi connectivity index (χ0v) is 14.6. The molecule has 2 rings (SSSR count). The molecule has 4 nitrogen and oxygen atoms in total. The second-order valence-corrected chi connectivity index (χ2v) is 7.49. The summed E-state index contributed by atoms with van der Waals surface area (Å²) in [5.74, 6) is 1.55. The summed E-state index contributed by atoms with van der Waals surface area (Å²) < 4.78 is 0. The van der Waals surface area contributed by atoms with Crippen LogP contribution in [0.1, 0.15) is 40.5 Å². The Labute approximate surface area is 131 Å². The van der Waals surface area contributed by atoms with E-state index in [1.165, 1.54) is 32.5 Å². The minimum Gasteiger partial charge on any atom is -0.303 e. The van der Waals surface area contributed by atoms with Crippen molar-refractivity contribution in [1.82, 2.24) is 14.9 Å². The molecule has 0 radical (unpaired) electrons. The van der Waals surface area contributed by atoms with Crippen LogP contribution in [0.15, 0.2) is 0 Å². The van der Waals surface area contributed by atoms with E-state index in [2.05, 4.69) is 42.6 Å². The van der Waals surface area contributed by atoms with Gasteiger partial charge in [-0.15, -0.1) is 0 Å². The van der Waals surface area contributed by atoms with Crippen molar-refractivity contribution in [1.29, 1.82) is 0 Å². The Morgan fingerprint density at radius 1 is 0.905 bits per heavy atom. The van der Waals surface area contributed by atoms with Crippen LogP contribution in [-0.2, 0) is 4.84 Å². The highest BCUT2D eigenvalue weighted by Gasteiger charge is 2.23. The fraction of sp³-hybridized carbons (Fsp3) is 1.00. The van der Waals surface area contributed by atoms with Gasteiger partial charge in [-0.2, -0.15) is 5.06 Å². The van der Waals surface area contributed by atoms with Gasteiger partial charge in [-0.25, -0.2) is 0 Å². The first kappa shape index (κ1) is 17.2. The topological polar surface area (TPSA) is 19.0 Å². The van der Waals surface area contributed by atoms with Crippen molar-refractivity contribution in [2.45, 2.75) is 46.6 Å². The maximum absolute atomic E-state index is 6.05. The van der Waals surface area contributed by atoms with Crippen LogP contribution in [0.2, 0.25) is 0 Å². The number of rotatable bonds is 6. The highest BCUT2D eigenvalue weighted by Crippen LogP contribution is 2.19. The highest BCUT2D eigenvalue weighted by atomic mass is 16.7. The molecule has 0 atom stereocenters. The molecule has 2 aliphatic rings. The molecule has 21 heavy (non-hydrogen) atoms. The molecule has 2 aliphatic heterocycles. The number of piperazine rings is 1. The smallest absolute Gasteiger partial charge is 0.0714 e. The van der Waals surface area contributed by atoms with E-state index in [-0.39, 0.29) is 0 Å². The summed E-state index contributed by atoms with van der Waals surface area (Å²) in [6.45, 7) is 18.3. The number of nitrogens with zero attached hydrogens (tertiary/aromatic N) is 3. The molecule has 124 valence electrons.